The van der Waals surface area contributed by atoms with Crippen LogP contribution < -0.4 is 11.1 Å². The molecule has 1 aliphatic rings. The summed E-state index contributed by atoms with van der Waals surface area (Å²) in [5, 5.41) is 14.0. The lowest BCUT2D eigenvalue weighted by molar-refractivity contribution is -0.384. The van der Waals surface area contributed by atoms with E-state index in [1.165, 1.54) is 29.5 Å². The van der Waals surface area contributed by atoms with Crippen molar-refractivity contribution in [3.63, 3.8) is 0 Å². The number of thiophene rings is 1. The van der Waals surface area contributed by atoms with Crippen molar-refractivity contribution in [2.24, 2.45) is 11.7 Å². The molecule has 1 aromatic carbocycles. The number of nitro benzene ring substituents is 1. The van der Waals surface area contributed by atoms with Crippen molar-refractivity contribution in [2.75, 3.05) is 5.32 Å². The van der Waals surface area contributed by atoms with E-state index in [1.807, 2.05) is 0 Å². The average Bonchev–Trinajstić information content (AvgIpc) is 3.04. The van der Waals surface area contributed by atoms with Crippen LogP contribution in [0.15, 0.2) is 30.3 Å². The number of amides is 2. The van der Waals surface area contributed by atoms with E-state index in [9.17, 15) is 19.7 Å². The molecule has 1 aromatic heterocycles. The van der Waals surface area contributed by atoms with Crippen molar-refractivity contribution in [3.05, 3.63) is 62.0 Å². The summed E-state index contributed by atoms with van der Waals surface area (Å²) in [6.07, 6.45) is 7.95. The van der Waals surface area contributed by atoms with Gasteiger partial charge in [0.05, 0.1) is 10.5 Å². The molecule has 2 aromatic rings. The van der Waals surface area contributed by atoms with E-state index in [0.717, 1.165) is 42.5 Å². The fourth-order valence-electron chi connectivity index (χ4n) is 3.69. The third kappa shape index (κ3) is 4.89. The van der Waals surface area contributed by atoms with Gasteiger partial charge in [-0.3, -0.25) is 19.7 Å². The minimum atomic E-state index is -0.522. The number of rotatable bonds is 7. The molecule has 0 aliphatic heterocycles. The van der Waals surface area contributed by atoms with E-state index in [2.05, 4.69) is 12.2 Å². The zero-order valence-corrected chi connectivity index (χ0v) is 17.0. The molecule has 7 nitrogen and oxygen atoms in total. The van der Waals surface area contributed by atoms with Gasteiger partial charge in [0.2, 0.25) is 5.91 Å². The highest BCUT2D eigenvalue weighted by Crippen LogP contribution is 2.40. The highest BCUT2D eigenvalue weighted by atomic mass is 32.1. The number of carbonyl (C=O) groups is 2. The molecule has 3 N–H and O–H groups in total. The Labute approximate surface area is 172 Å². The molecule has 0 fully saturated rings. The topological polar surface area (TPSA) is 115 Å². The predicted molar refractivity (Wildman–Crippen MR) is 114 cm³/mol. The minimum Gasteiger partial charge on any atom is -0.365 e. The molecule has 3 rings (SSSR count). The summed E-state index contributed by atoms with van der Waals surface area (Å²) in [6, 6.07) is 5.88. The number of hydrogen-bond donors (Lipinski definition) is 2. The van der Waals surface area contributed by atoms with Gasteiger partial charge < -0.3 is 11.1 Å². The average molecular weight is 413 g/mol. The molecule has 8 heteroatoms. The molecular weight excluding hydrogens is 390 g/mol. The molecule has 152 valence electrons. The van der Waals surface area contributed by atoms with Gasteiger partial charge in [-0.15, -0.1) is 11.3 Å². The van der Waals surface area contributed by atoms with Crippen molar-refractivity contribution in [3.8, 4) is 0 Å². The SMILES string of the molecule is CCC[C@@H]1CCc2c(sc(NC(=O)/C=C\c3ccc([N+](=O)[O-])cc3)c2C(N)=O)C1. The predicted octanol–water partition coefficient (Wildman–Crippen LogP) is 4.31. The second kappa shape index (κ2) is 9.00. The first-order chi connectivity index (χ1) is 13.9. The number of nitrogens with zero attached hydrogens (tertiary/aromatic N) is 1. The zero-order chi connectivity index (χ0) is 21.0. The Kier molecular flexibility index (Phi) is 6.43. The highest BCUT2D eigenvalue weighted by Gasteiger charge is 2.28. The van der Waals surface area contributed by atoms with E-state index in [0.29, 0.717) is 22.0 Å². The number of nitro groups is 1. The Morgan fingerprint density at radius 3 is 2.69 bits per heavy atom. The van der Waals surface area contributed by atoms with Crippen molar-refractivity contribution in [1.82, 2.24) is 0 Å². The van der Waals surface area contributed by atoms with Gasteiger partial charge >= 0.3 is 0 Å². The van der Waals surface area contributed by atoms with Crippen molar-refractivity contribution >= 4 is 39.9 Å². The van der Waals surface area contributed by atoms with E-state index in [4.69, 9.17) is 5.73 Å². The lowest BCUT2D eigenvalue weighted by Crippen LogP contribution is -2.19. The van der Waals surface area contributed by atoms with Gasteiger partial charge in [-0.25, -0.2) is 0 Å². The fourth-order valence-corrected chi connectivity index (χ4v) is 5.06. The minimum absolute atomic E-state index is 0.0109. The van der Waals surface area contributed by atoms with Gasteiger partial charge in [-0.1, -0.05) is 19.8 Å². The molecule has 1 atom stereocenters. The quantitative estimate of drug-likeness (QED) is 0.400. The molecule has 0 unspecified atom stereocenters. The molecule has 1 heterocycles. The third-order valence-corrected chi connectivity index (χ3v) is 6.25. The molecule has 0 saturated carbocycles. The number of non-ortho nitro benzene ring substituents is 1. The Morgan fingerprint density at radius 2 is 2.07 bits per heavy atom. The zero-order valence-electron chi connectivity index (χ0n) is 16.1. The molecule has 1 aliphatic carbocycles. The number of anilines is 1. The van der Waals surface area contributed by atoms with Crippen LogP contribution in [-0.4, -0.2) is 16.7 Å². The van der Waals surface area contributed by atoms with Gasteiger partial charge in [0.15, 0.2) is 0 Å². The Morgan fingerprint density at radius 1 is 1.34 bits per heavy atom. The van der Waals surface area contributed by atoms with Gasteiger partial charge in [0.25, 0.3) is 11.6 Å². The van der Waals surface area contributed by atoms with Crippen LogP contribution in [0, 0.1) is 16.0 Å². The standard InChI is InChI=1S/C21H23N3O4S/c1-2-3-14-6-10-16-17(12-14)29-21(19(16)20(22)26)23-18(25)11-7-13-4-8-15(9-5-13)24(27)28/h4-5,7-9,11,14H,2-3,6,10,12H2,1H3,(H2,22,26)(H,23,25)/b11-7-/t14-/m1/s1. The van der Waals surface area contributed by atoms with Crippen molar-refractivity contribution < 1.29 is 14.5 Å². The number of nitrogens with one attached hydrogen (secondary N) is 1. The maximum Gasteiger partial charge on any atom is 0.269 e. The number of nitrogens with two attached hydrogens (primary N) is 1. The molecule has 29 heavy (non-hydrogen) atoms. The lowest BCUT2D eigenvalue weighted by atomic mass is 9.84. The van der Waals surface area contributed by atoms with E-state index in [-0.39, 0.29) is 11.6 Å². The third-order valence-electron chi connectivity index (χ3n) is 5.08. The number of primary amides is 1. The van der Waals surface area contributed by atoms with Crippen LogP contribution in [-0.2, 0) is 17.6 Å². The molecule has 2 amide bonds. The summed E-state index contributed by atoms with van der Waals surface area (Å²) in [6.45, 7) is 2.17. The summed E-state index contributed by atoms with van der Waals surface area (Å²) >= 11 is 1.43. The summed E-state index contributed by atoms with van der Waals surface area (Å²) < 4.78 is 0. The van der Waals surface area contributed by atoms with Crippen LogP contribution in [0.1, 0.15) is 52.5 Å². The van der Waals surface area contributed by atoms with Crippen LogP contribution in [0.4, 0.5) is 10.7 Å². The second-order valence-corrected chi connectivity index (χ2v) is 8.25. The van der Waals surface area contributed by atoms with Crippen LogP contribution in [0.25, 0.3) is 6.08 Å². The van der Waals surface area contributed by atoms with Gasteiger partial charge in [-0.05, 0) is 54.5 Å². The van der Waals surface area contributed by atoms with Crippen LogP contribution in [0.3, 0.4) is 0 Å². The van der Waals surface area contributed by atoms with E-state index in [1.54, 1.807) is 18.2 Å². The number of benzene rings is 1. The van der Waals surface area contributed by atoms with Gasteiger partial charge in [-0.2, -0.15) is 0 Å². The Hall–Kier alpha value is -3.00. The monoisotopic (exact) mass is 413 g/mol. The van der Waals surface area contributed by atoms with E-state index < -0.39 is 10.8 Å². The molecular formula is C21H23N3O4S. The van der Waals surface area contributed by atoms with Crippen molar-refractivity contribution in [1.29, 1.82) is 0 Å². The Bertz CT molecular complexity index is 963. The summed E-state index contributed by atoms with van der Waals surface area (Å²) in [5.74, 6) is -0.293. The molecule has 0 spiro atoms. The summed E-state index contributed by atoms with van der Waals surface area (Å²) in [7, 11) is 0. The number of hydrogen-bond acceptors (Lipinski definition) is 5. The second-order valence-electron chi connectivity index (χ2n) is 7.14. The van der Waals surface area contributed by atoms with E-state index >= 15 is 0 Å². The molecule has 0 radical (unpaired) electrons. The lowest BCUT2D eigenvalue weighted by Gasteiger charge is -2.21. The largest absolute Gasteiger partial charge is 0.365 e. The van der Waals surface area contributed by atoms with Crippen molar-refractivity contribution in [2.45, 2.75) is 39.0 Å². The Balaban J connectivity index is 1.74. The number of fused-ring (bicyclic) bond motifs is 1. The highest BCUT2D eigenvalue weighted by molar-refractivity contribution is 7.17. The van der Waals surface area contributed by atoms with Crippen LogP contribution in [0.2, 0.25) is 0 Å². The maximum absolute atomic E-state index is 12.4. The first-order valence-corrected chi connectivity index (χ1v) is 10.4. The van der Waals surface area contributed by atoms with Crippen LogP contribution >= 0.6 is 11.3 Å². The smallest absolute Gasteiger partial charge is 0.269 e. The van der Waals surface area contributed by atoms with Gasteiger partial charge in [0, 0.05) is 23.1 Å². The first-order valence-electron chi connectivity index (χ1n) is 9.56. The maximum atomic E-state index is 12.4. The van der Waals surface area contributed by atoms with Crippen LogP contribution in [0.5, 0.6) is 0 Å². The normalized spacial score (nSPS) is 15.8. The molecule has 0 saturated heterocycles. The summed E-state index contributed by atoms with van der Waals surface area (Å²) in [5.41, 5.74) is 7.65. The molecule has 0 bridgehead atoms. The number of carbonyl (C=O) groups excluding carboxylic acids is 2. The fraction of sp³-hybridized carbons (Fsp3) is 0.333. The first kappa shape index (κ1) is 20.7. The summed E-state index contributed by atoms with van der Waals surface area (Å²) in [4.78, 5) is 35.7. The van der Waals surface area contributed by atoms with Gasteiger partial charge in [0.1, 0.15) is 5.00 Å².